The summed E-state index contributed by atoms with van der Waals surface area (Å²) in [5.41, 5.74) is 7.93. The Morgan fingerprint density at radius 3 is 1.16 bits per heavy atom. The molecule has 2 heteroatoms. The maximum absolute atomic E-state index is 2.28. The van der Waals surface area contributed by atoms with Gasteiger partial charge in [0.05, 0.1) is 0 Å². The van der Waals surface area contributed by atoms with Crippen molar-refractivity contribution in [3.63, 3.8) is 0 Å². The molecule has 8 aromatic carbocycles. The zero-order chi connectivity index (χ0) is 29.8. The second kappa shape index (κ2) is 14.3. The molecule has 0 saturated carbocycles. The van der Waals surface area contributed by atoms with E-state index in [4.69, 9.17) is 0 Å². The first-order valence-electron chi connectivity index (χ1n) is 14.9. The van der Waals surface area contributed by atoms with Crippen molar-refractivity contribution in [2.75, 3.05) is 0 Å². The molecule has 44 heavy (non-hydrogen) atoms. The van der Waals surface area contributed by atoms with Gasteiger partial charge < -0.3 is 0 Å². The molecule has 0 aliphatic carbocycles. The Kier molecular flexibility index (Phi) is 10.2. The van der Waals surface area contributed by atoms with E-state index in [9.17, 15) is 0 Å². The van der Waals surface area contributed by atoms with E-state index in [1.807, 2.05) is 0 Å². The zero-order valence-corrected chi connectivity index (χ0v) is 30.4. The van der Waals surface area contributed by atoms with E-state index in [0.717, 1.165) is 9.52 Å². The van der Waals surface area contributed by atoms with Crippen molar-refractivity contribution in [2.45, 2.75) is 26.9 Å². The minimum atomic E-state index is 0. The Morgan fingerprint density at radius 2 is 0.773 bits per heavy atom. The number of aryl methyl sites for hydroxylation is 2. The minimum absolute atomic E-state index is 0. The third-order valence-electron chi connectivity index (χ3n) is 8.14. The van der Waals surface area contributed by atoms with E-state index in [0.29, 0.717) is 0 Å². The molecule has 8 aromatic rings. The third kappa shape index (κ3) is 6.48. The Morgan fingerprint density at radius 1 is 0.432 bits per heavy atom. The van der Waals surface area contributed by atoms with Gasteiger partial charge in [-0.1, -0.05) is 133 Å². The maximum atomic E-state index is 2.28. The molecule has 0 aromatic heterocycles. The average Bonchev–Trinajstić information content (AvgIpc) is 3.67. The van der Waals surface area contributed by atoms with E-state index in [1.165, 1.54) is 76.5 Å². The normalized spacial score (nSPS) is 10.6. The molecular weight excluding hydrogens is 711 g/mol. The molecule has 0 heterocycles. The van der Waals surface area contributed by atoms with Crippen LogP contribution in [0.25, 0.3) is 65.3 Å². The number of benzene rings is 6. The van der Waals surface area contributed by atoms with Gasteiger partial charge in [0.15, 0.2) is 0 Å². The van der Waals surface area contributed by atoms with Crippen LogP contribution in [0, 0.1) is 13.8 Å². The molecule has 0 nitrogen and oxygen atoms in total. The van der Waals surface area contributed by atoms with Crippen molar-refractivity contribution < 1.29 is 25.8 Å². The van der Waals surface area contributed by atoms with E-state index >= 15 is 0 Å². The van der Waals surface area contributed by atoms with E-state index in [-0.39, 0.29) is 25.8 Å². The summed E-state index contributed by atoms with van der Waals surface area (Å²) in [5.74, 6) is 0. The molecule has 0 aliphatic heterocycles. The molecule has 214 valence electrons. The average molecular weight is 747 g/mol. The molecule has 2 radical (unpaired) electrons. The molecule has 0 fully saturated rings. The zero-order valence-electron chi connectivity index (χ0n) is 25.9. The molecule has 0 N–H and O–H groups in total. The predicted molar refractivity (Wildman–Crippen MR) is 192 cm³/mol. The summed E-state index contributed by atoms with van der Waals surface area (Å²) in [7, 11) is 1.08. The molecule has 0 atom stereocenters. The second-order valence-electron chi connectivity index (χ2n) is 11.2. The molecule has 0 spiro atoms. The Hall–Kier alpha value is -3.85. The van der Waals surface area contributed by atoms with Crippen LogP contribution in [0.4, 0.5) is 0 Å². The van der Waals surface area contributed by atoms with Gasteiger partial charge in [-0.15, -0.1) is 69.1 Å². The predicted octanol–water partition coefficient (Wildman–Crippen LogP) is 12.2. The van der Waals surface area contributed by atoms with Crippen LogP contribution >= 0.6 is 0 Å². The SMILES string of the molecule is C[Si]C.Cc1ccc(-c2cc3ccccc3[cH-]2)c2ccccc12.Cc1ccc(-c2cc3ccccc3[cH-]2)c2ccccc12.[Hf]. The van der Waals surface area contributed by atoms with Crippen molar-refractivity contribution in [3.8, 4) is 22.3 Å². The molecule has 0 amide bonds. The van der Waals surface area contributed by atoms with Crippen LogP contribution in [0.5, 0.6) is 0 Å². The smallest absolute Gasteiger partial charge is 0.0307 e. The quantitative estimate of drug-likeness (QED) is 0.122. The van der Waals surface area contributed by atoms with Gasteiger partial charge in [0.2, 0.25) is 0 Å². The summed E-state index contributed by atoms with van der Waals surface area (Å²) in [5, 5.41) is 10.6. The van der Waals surface area contributed by atoms with Gasteiger partial charge in [-0.2, -0.15) is 0 Å². The van der Waals surface area contributed by atoms with Crippen LogP contribution in [-0.4, -0.2) is 9.52 Å². The van der Waals surface area contributed by atoms with Crippen LogP contribution in [0.3, 0.4) is 0 Å². The van der Waals surface area contributed by atoms with Crippen LogP contribution in [0.1, 0.15) is 11.1 Å². The first-order valence-corrected chi connectivity index (χ1v) is 16.9. The van der Waals surface area contributed by atoms with Gasteiger partial charge in [0.1, 0.15) is 0 Å². The number of fused-ring (bicyclic) bond motifs is 4. The number of hydrogen-bond donors (Lipinski definition) is 0. The van der Waals surface area contributed by atoms with Gasteiger partial charge in [0.25, 0.3) is 0 Å². The van der Waals surface area contributed by atoms with Crippen molar-refractivity contribution in [1.29, 1.82) is 0 Å². The van der Waals surface area contributed by atoms with Gasteiger partial charge in [0, 0.05) is 35.4 Å². The van der Waals surface area contributed by atoms with Gasteiger partial charge >= 0.3 is 0 Å². The summed E-state index contributed by atoms with van der Waals surface area (Å²) in [6.45, 7) is 8.65. The number of rotatable bonds is 2. The van der Waals surface area contributed by atoms with Crippen molar-refractivity contribution >= 4 is 52.6 Å². The third-order valence-corrected chi connectivity index (χ3v) is 8.14. The van der Waals surface area contributed by atoms with Crippen LogP contribution in [0.15, 0.2) is 146 Å². The Balaban J connectivity index is 0.000000157. The molecule has 0 bridgehead atoms. The van der Waals surface area contributed by atoms with E-state index in [1.54, 1.807) is 0 Å². The molecule has 8 rings (SSSR count). The fourth-order valence-electron chi connectivity index (χ4n) is 6.01. The molecule has 0 saturated heterocycles. The van der Waals surface area contributed by atoms with Gasteiger partial charge in [-0.05, 0) is 46.5 Å². The van der Waals surface area contributed by atoms with E-state index < -0.39 is 0 Å². The summed E-state index contributed by atoms with van der Waals surface area (Å²) in [6, 6.07) is 52.5. The van der Waals surface area contributed by atoms with Crippen LogP contribution in [0.2, 0.25) is 13.1 Å². The molecule has 0 unspecified atom stereocenters. The molecular formula is C42H36HfSi-2. The monoisotopic (exact) mass is 748 g/mol. The van der Waals surface area contributed by atoms with E-state index in [2.05, 4.69) is 173 Å². The topological polar surface area (TPSA) is 0 Å². The summed E-state index contributed by atoms with van der Waals surface area (Å²) in [4.78, 5) is 0. The largest absolute Gasteiger partial charge is 0.145 e. The van der Waals surface area contributed by atoms with Gasteiger partial charge in [-0.25, -0.2) is 0 Å². The summed E-state index contributed by atoms with van der Waals surface area (Å²) < 4.78 is 0. The van der Waals surface area contributed by atoms with Crippen molar-refractivity contribution in [2.24, 2.45) is 0 Å². The Labute approximate surface area is 282 Å². The summed E-state index contributed by atoms with van der Waals surface area (Å²) >= 11 is 0. The minimum Gasteiger partial charge on any atom is -0.145 e. The van der Waals surface area contributed by atoms with Crippen LogP contribution in [-0.2, 0) is 25.8 Å². The first-order chi connectivity index (χ1) is 21.1. The first kappa shape index (κ1) is 31.6. The van der Waals surface area contributed by atoms with Gasteiger partial charge in [-0.3, -0.25) is 0 Å². The standard InChI is InChI=1S/2C20H15.C2H6Si.Hf/c2*1-14-10-11-19(20-9-5-4-8-18(14)20)17-12-15-6-2-3-7-16(15)13-17;1-3-2;/h2*2-13H,1H3;1-2H3;/q2*-1;;. The van der Waals surface area contributed by atoms with Crippen LogP contribution < -0.4 is 0 Å². The molecule has 0 aliphatic rings. The Bertz CT molecular complexity index is 1940. The van der Waals surface area contributed by atoms with Crippen molar-refractivity contribution in [3.05, 3.63) is 157 Å². The fourth-order valence-corrected chi connectivity index (χ4v) is 6.01. The number of hydrogen-bond acceptors (Lipinski definition) is 0. The summed E-state index contributed by atoms with van der Waals surface area (Å²) in [6.07, 6.45) is 0. The maximum Gasteiger partial charge on any atom is 0.0307 e. The fraction of sp³-hybridized carbons (Fsp3) is 0.0952. The second-order valence-corrected chi connectivity index (χ2v) is 12.2. The van der Waals surface area contributed by atoms with Crippen molar-refractivity contribution in [1.82, 2.24) is 0 Å².